The summed E-state index contributed by atoms with van der Waals surface area (Å²) >= 11 is 1.32. The average Bonchev–Trinajstić information content (AvgIpc) is 2.15. The Labute approximate surface area is 88.0 Å². The zero-order valence-electron chi connectivity index (χ0n) is 8.65. The van der Waals surface area contributed by atoms with Crippen molar-refractivity contribution >= 4 is 23.6 Å². The molecule has 1 amide bonds. The summed E-state index contributed by atoms with van der Waals surface area (Å²) in [5, 5.41) is 0. The van der Waals surface area contributed by atoms with E-state index >= 15 is 0 Å². The molecule has 0 aliphatic rings. The molecule has 0 aromatic heterocycles. The van der Waals surface area contributed by atoms with Crippen molar-refractivity contribution in [3.8, 4) is 0 Å². The van der Waals surface area contributed by atoms with Gasteiger partial charge in [0.05, 0.1) is 12.9 Å². The highest BCUT2D eigenvalue weighted by molar-refractivity contribution is 8.00. The Morgan fingerprint density at radius 3 is 2.50 bits per heavy atom. The minimum Gasteiger partial charge on any atom is -0.468 e. The van der Waals surface area contributed by atoms with Gasteiger partial charge in [-0.3, -0.25) is 9.59 Å². The fourth-order valence-electron chi connectivity index (χ4n) is 0.622. The van der Waals surface area contributed by atoms with Crippen LogP contribution in [0.1, 0.15) is 0 Å². The van der Waals surface area contributed by atoms with E-state index in [1.165, 1.54) is 23.8 Å². The summed E-state index contributed by atoms with van der Waals surface area (Å²) in [6.45, 7) is 0. The first-order valence-corrected chi connectivity index (χ1v) is 5.25. The van der Waals surface area contributed by atoms with E-state index in [0.717, 1.165) is 0 Å². The maximum Gasteiger partial charge on any atom is 0.323 e. The number of hydrogen-bond donors (Lipinski definition) is 1. The molecule has 0 aromatic carbocycles. The van der Waals surface area contributed by atoms with E-state index in [4.69, 9.17) is 5.73 Å². The first-order valence-electron chi connectivity index (χ1n) is 4.10. The van der Waals surface area contributed by atoms with E-state index in [2.05, 4.69) is 4.74 Å². The van der Waals surface area contributed by atoms with E-state index in [0.29, 0.717) is 11.5 Å². The van der Waals surface area contributed by atoms with E-state index in [-0.39, 0.29) is 5.91 Å². The molecule has 1 unspecified atom stereocenters. The number of methoxy groups -OCH3 is 1. The molecule has 0 rings (SSSR count). The van der Waals surface area contributed by atoms with Gasteiger partial charge < -0.3 is 15.4 Å². The first kappa shape index (κ1) is 13.2. The van der Waals surface area contributed by atoms with E-state index in [9.17, 15) is 9.59 Å². The van der Waals surface area contributed by atoms with Gasteiger partial charge in [0.1, 0.15) is 6.04 Å². The predicted molar refractivity (Wildman–Crippen MR) is 56.0 cm³/mol. The molecule has 0 aliphatic heterocycles. The smallest absolute Gasteiger partial charge is 0.323 e. The number of thioether (sulfide) groups is 1. The van der Waals surface area contributed by atoms with Crippen LogP contribution in [0.15, 0.2) is 0 Å². The second-order valence-electron chi connectivity index (χ2n) is 2.93. The third-order valence-electron chi connectivity index (χ3n) is 1.53. The zero-order valence-corrected chi connectivity index (χ0v) is 9.47. The van der Waals surface area contributed by atoms with Gasteiger partial charge in [0.15, 0.2) is 0 Å². The number of nitrogens with zero attached hydrogens (tertiary/aromatic N) is 1. The van der Waals surface area contributed by atoms with Crippen LogP contribution in [-0.2, 0) is 14.3 Å². The number of carbonyl (C=O) groups excluding carboxylic acids is 2. The van der Waals surface area contributed by atoms with Gasteiger partial charge in [-0.1, -0.05) is 0 Å². The molecule has 0 aliphatic carbocycles. The minimum absolute atomic E-state index is 0.00654. The van der Waals surface area contributed by atoms with E-state index in [1.54, 1.807) is 14.1 Å². The summed E-state index contributed by atoms with van der Waals surface area (Å²) in [6, 6.07) is -0.653. The molecule has 2 N–H and O–H groups in total. The first-order chi connectivity index (χ1) is 6.49. The lowest BCUT2D eigenvalue weighted by Crippen LogP contribution is -2.34. The molecule has 5 nitrogen and oxygen atoms in total. The van der Waals surface area contributed by atoms with Gasteiger partial charge in [0, 0.05) is 19.8 Å². The largest absolute Gasteiger partial charge is 0.468 e. The third-order valence-corrected chi connectivity index (χ3v) is 2.57. The van der Waals surface area contributed by atoms with Crippen LogP contribution in [0.4, 0.5) is 0 Å². The SMILES string of the molecule is COC(=O)C(N)CSCC(=O)N(C)C. The lowest BCUT2D eigenvalue weighted by Gasteiger charge is -2.11. The minimum atomic E-state index is -0.653. The lowest BCUT2D eigenvalue weighted by atomic mass is 10.4. The van der Waals surface area contributed by atoms with Crippen LogP contribution in [0.3, 0.4) is 0 Å². The highest BCUT2D eigenvalue weighted by atomic mass is 32.2. The number of hydrogen-bond acceptors (Lipinski definition) is 5. The van der Waals surface area contributed by atoms with Crippen molar-refractivity contribution in [2.24, 2.45) is 5.73 Å². The standard InChI is InChI=1S/C8H16N2O3S/c1-10(2)7(11)5-14-4-6(9)8(12)13-3/h6H,4-5,9H2,1-3H3. The number of rotatable bonds is 5. The summed E-state index contributed by atoms with van der Waals surface area (Å²) in [7, 11) is 4.66. The quantitative estimate of drug-likeness (QED) is 0.621. The maximum atomic E-state index is 11.1. The normalized spacial score (nSPS) is 12.0. The van der Waals surface area contributed by atoms with Gasteiger partial charge in [-0.25, -0.2) is 0 Å². The predicted octanol–water partition coefficient (Wildman–Crippen LogP) is -0.692. The third kappa shape index (κ3) is 5.08. The molecule has 14 heavy (non-hydrogen) atoms. The number of amides is 1. The van der Waals surface area contributed by atoms with Gasteiger partial charge in [-0.05, 0) is 0 Å². The Balaban J connectivity index is 3.64. The number of esters is 1. The zero-order chi connectivity index (χ0) is 11.1. The van der Waals surface area contributed by atoms with Crippen molar-refractivity contribution in [3.63, 3.8) is 0 Å². The summed E-state index contributed by atoms with van der Waals surface area (Å²) in [5.74, 6) is 0.283. The van der Waals surface area contributed by atoms with Crippen molar-refractivity contribution in [1.29, 1.82) is 0 Å². The number of carbonyl (C=O) groups is 2. The average molecular weight is 220 g/mol. The second kappa shape index (κ2) is 6.67. The molecule has 0 fully saturated rings. The van der Waals surface area contributed by atoms with Crippen molar-refractivity contribution in [2.75, 3.05) is 32.7 Å². The number of nitrogens with two attached hydrogens (primary N) is 1. The Bertz CT molecular complexity index is 209. The second-order valence-corrected chi connectivity index (χ2v) is 3.96. The monoisotopic (exact) mass is 220 g/mol. The van der Waals surface area contributed by atoms with Gasteiger partial charge in [0.2, 0.25) is 5.91 Å². The van der Waals surface area contributed by atoms with Crippen LogP contribution in [-0.4, -0.2) is 55.5 Å². The lowest BCUT2D eigenvalue weighted by molar-refractivity contribution is -0.141. The Kier molecular flexibility index (Phi) is 6.31. The van der Waals surface area contributed by atoms with Crippen LogP contribution in [0.2, 0.25) is 0 Å². The Morgan fingerprint density at radius 1 is 1.50 bits per heavy atom. The fourth-order valence-corrected chi connectivity index (χ4v) is 1.56. The van der Waals surface area contributed by atoms with Crippen LogP contribution in [0, 0.1) is 0 Å². The highest BCUT2D eigenvalue weighted by Gasteiger charge is 2.14. The van der Waals surface area contributed by atoms with Crippen molar-refractivity contribution in [1.82, 2.24) is 4.90 Å². The molecule has 6 heteroatoms. The molecular weight excluding hydrogens is 204 g/mol. The molecular formula is C8H16N2O3S. The van der Waals surface area contributed by atoms with Crippen LogP contribution >= 0.6 is 11.8 Å². The van der Waals surface area contributed by atoms with Gasteiger partial charge in [-0.2, -0.15) is 0 Å². The molecule has 0 saturated carbocycles. The molecule has 0 radical (unpaired) electrons. The summed E-state index contributed by atoms with van der Waals surface area (Å²) in [5.41, 5.74) is 5.47. The van der Waals surface area contributed by atoms with E-state index < -0.39 is 12.0 Å². The van der Waals surface area contributed by atoms with Crippen LogP contribution < -0.4 is 5.73 Å². The van der Waals surface area contributed by atoms with Crippen molar-refractivity contribution in [3.05, 3.63) is 0 Å². The van der Waals surface area contributed by atoms with Gasteiger partial charge in [-0.15, -0.1) is 11.8 Å². The Hall–Kier alpha value is -0.750. The maximum absolute atomic E-state index is 11.1. The molecule has 0 saturated heterocycles. The summed E-state index contributed by atoms with van der Waals surface area (Å²) < 4.78 is 4.44. The molecule has 82 valence electrons. The van der Waals surface area contributed by atoms with Crippen LogP contribution in [0.5, 0.6) is 0 Å². The number of ether oxygens (including phenoxy) is 1. The summed E-state index contributed by atoms with van der Waals surface area (Å²) in [6.07, 6.45) is 0. The molecule has 0 heterocycles. The molecule has 0 bridgehead atoms. The Morgan fingerprint density at radius 2 is 2.07 bits per heavy atom. The van der Waals surface area contributed by atoms with Gasteiger partial charge >= 0.3 is 5.97 Å². The highest BCUT2D eigenvalue weighted by Crippen LogP contribution is 2.03. The molecule has 0 spiro atoms. The van der Waals surface area contributed by atoms with Gasteiger partial charge in [0.25, 0.3) is 0 Å². The van der Waals surface area contributed by atoms with E-state index in [1.807, 2.05) is 0 Å². The molecule has 1 atom stereocenters. The van der Waals surface area contributed by atoms with Crippen molar-refractivity contribution < 1.29 is 14.3 Å². The van der Waals surface area contributed by atoms with Crippen LogP contribution in [0.25, 0.3) is 0 Å². The summed E-state index contributed by atoms with van der Waals surface area (Å²) in [4.78, 5) is 23.5. The molecule has 0 aromatic rings. The fraction of sp³-hybridized carbons (Fsp3) is 0.750. The topological polar surface area (TPSA) is 72.6 Å². The van der Waals surface area contributed by atoms with Crippen molar-refractivity contribution in [2.45, 2.75) is 6.04 Å².